The molecule has 0 aliphatic heterocycles. The molecule has 0 atom stereocenters. The molecule has 0 saturated carbocycles. The summed E-state index contributed by atoms with van der Waals surface area (Å²) in [5.41, 5.74) is 6.27. The Hall–Kier alpha value is -1.57. The van der Waals surface area contributed by atoms with E-state index < -0.39 is 15.8 Å². The van der Waals surface area contributed by atoms with E-state index in [0.29, 0.717) is 5.69 Å². The summed E-state index contributed by atoms with van der Waals surface area (Å²) in [7, 11) is -2.09. The first-order chi connectivity index (χ1) is 9.33. The lowest BCUT2D eigenvalue weighted by molar-refractivity contribution is 0.601. The molecule has 1 aromatic heterocycles. The Kier molecular flexibility index (Phi) is 4.03. The summed E-state index contributed by atoms with van der Waals surface area (Å²) in [6.45, 7) is 0.224. The van der Waals surface area contributed by atoms with Gasteiger partial charge in [-0.15, -0.1) is 0 Å². The number of halogens is 2. The van der Waals surface area contributed by atoms with E-state index in [4.69, 9.17) is 17.3 Å². The molecule has 1 aromatic carbocycles. The largest absolute Gasteiger partial charge is 0.352 e. The van der Waals surface area contributed by atoms with E-state index in [1.165, 1.54) is 24.4 Å². The third-order valence-electron chi connectivity index (χ3n) is 2.77. The number of sulfonamides is 1. The van der Waals surface area contributed by atoms with E-state index in [1.807, 2.05) is 0 Å². The molecule has 2 aromatic rings. The van der Waals surface area contributed by atoms with E-state index in [2.05, 4.69) is 4.72 Å². The molecular formula is C12H13ClFN3O2S. The molecule has 5 nitrogen and oxygen atoms in total. The molecule has 0 amide bonds. The summed E-state index contributed by atoms with van der Waals surface area (Å²) in [5, 5.41) is -0.0712. The summed E-state index contributed by atoms with van der Waals surface area (Å²) >= 11 is 5.54. The van der Waals surface area contributed by atoms with Gasteiger partial charge in [-0.3, -0.25) is 4.72 Å². The van der Waals surface area contributed by atoms with Crippen LogP contribution in [0.4, 0.5) is 10.1 Å². The topological polar surface area (TPSA) is 77.1 Å². The maximum atomic E-state index is 13.3. The van der Waals surface area contributed by atoms with Crippen LogP contribution in [0.25, 0.3) is 0 Å². The molecule has 2 rings (SSSR count). The van der Waals surface area contributed by atoms with Crippen molar-refractivity contribution < 1.29 is 12.8 Å². The van der Waals surface area contributed by atoms with Crippen LogP contribution in [0.3, 0.4) is 0 Å². The van der Waals surface area contributed by atoms with Gasteiger partial charge in [-0.2, -0.15) is 0 Å². The molecule has 8 heteroatoms. The number of benzene rings is 1. The Morgan fingerprint density at radius 2 is 2.10 bits per heavy atom. The van der Waals surface area contributed by atoms with Crippen LogP contribution in [0, 0.1) is 5.82 Å². The third-order valence-corrected chi connectivity index (χ3v) is 4.43. The maximum absolute atomic E-state index is 13.3. The number of aryl methyl sites for hydroxylation is 1. The highest BCUT2D eigenvalue weighted by Gasteiger charge is 2.18. The molecule has 0 unspecified atom stereocenters. The lowest BCUT2D eigenvalue weighted by Gasteiger charge is -2.06. The molecule has 0 saturated heterocycles. The molecule has 0 bridgehead atoms. The number of rotatable bonds is 4. The zero-order valence-electron chi connectivity index (χ0n) is 10.6. The Morgan fingerprint density at radius 1 is 1.40 bits per heavy atom. The number of aromatic nitrogens is 1. The molecule has 108 valence electrons. The van der Waals surface area contributed by atoms with Crippen molar-refractivity contribution in [2.24, 2.45) is 12.8 Å². The van der Waals surface area contributed by atoms with Crippen LogP contribution in [-0.4, -0.2) is 13.0 Å². The third kappa shape index (κ3) is 2.95. The number of hydrogen-bond donors (Lipinski definition) is 2. The van der Waals surface area contributed by atoms with Crippen LogP contribution in [0.2, 0.25) is 5.02 Å². The van der Waals surface area contributed by atoms with Gasteiger partial charge in [-0.05, 0) is 24.3 Å². The number of hydrogen-bond acceptors (Lipinski definition) is 3. The van der Waals surface area contributed by atoms with Gasteiger partial charge >= 0.3 is 0 Å². The van der Waals surface area contributed by atoms with Gasteiger partial charge in [0.1, 0.15) is 10.7 Å². The highest BCUT2D eigenvalue weighted by atomic mass is 35.5. The molecule has 20 heavy (non-hydrogen) atoms. The summed E-state index contributed by atoms with van der Waals surface area (Å²) in [4.78, 5) is 0.0656. The minimum absolute atomic E-state index is 0.0656. The average molecular weight is 318 g/mol. The second-order valence-corrected chi connectivity index (χ2v) is 6.31. The number of nitrogens with two attached hydrogens (primary N) is 1. The van der Waals surface area contributed by atoms with Crippen molar-refractivity contribution in [2.45, 2.75) is 11.4 Å². The average Bonchev–Trinajstić information content (AvgIpc) is 2.76. The summed E-state index contributed by atoms with van der Waals surface area (Å²) in [6, 6.07) is 5.15. The predicted octanol–water partition coefficient (Wildman–Crippen LogP) is 2.08. The van der Waals surface area contributed by atoms with E-state index >= 15 is 0 Å². The number of nitrogens with one attached hydrogen (secondary N) is 1. The van der Waals surface area contributed by atoms with Crippen molar-refractivity contribution in [3.63, 3.8) is 0 Å². The van der Waals surface area contributed by atoms with Crippen LogP contribution in [0.5, 0.6) is 0 Å². The summed E-state index contributed by atoms with van der Waals surface area (Å²) in [5.74, 6) is -0.692. The van der Waals surface area contributed by atoms with Crippen molar-refractivity contribution in [2.75, 3.05) is 4.72 Å². The molecule has 0 spiro atoms. The van der Waals surface area contributed by atoms with Crippen LogP contribution >= 0.6 is 11.6 Å². The van der Waals surface area contributed by atoms with Crippen molar-refractivity contribution in [3.8, 4) is 0 Å². The lowest BCUT2D eigenvalue weighted by Crippen LogP contribution is -2.12. The van der Waals surface area contributed by atoms with Gasteiger partial charge in [-0.1, -0.05) is 11.6 Å². The zero-order valence-corrected chi connectivity index (χ0v) is 12.2. The monoisotopic (exact) mass is 317 g/mol. The fourth-order valence-corrected chi connectivity index (χ4v) is 2.96. The highest BCUT2D eigenvalue weighted by Crippen LogP contribution is 2.22. The quantitative estimate of drug-likeness (QED) is 0.906. The lowest BCUT2D eigenvalue weighted by atomic mass is 10.3. The molecule has 0 radical (unpaired) electrons. The first-order valence-corrected chi connectivity index (χ1v) is 7.53. The molecule has 0 aliphatic rings. The van der Waals surface area contributed by atoms with Crippen LogP contribution in [0.15, 0.2) is 35.4 Å². The first-order valence-electron chi connectivity index (χ1n) is 5.66. The zero-order chi connectivity index (χ0) is 14.9. The van der Waals surface area contributed by atoms with Crippen molar-refractivity contribution in [3.05, 3.63) is 47.0 Å². The van der Waals surface area contributed by atoms with Crippen molar-refractivity contribution in [1.82, 2.24) is 4.57 Å². The van der Waals surface area contributed by atoms with E-state index in [9.17, 15) is 12.8 Å². The van der Waals surface area contributed by atoms with Gasteiger partial charge in [0.05, 0.1) is 10.7 Å². The van der Waals surface area contributed by atoms with Gasteiger partial charge in [0.2, 0.25) is 0 Å². The second kappa shape index (κ2) is 5.43. The Bertz CT molecular complexity index is 743. The highest BCUT2D eigenvalue weighted by molar-refractivity contribution is 7.92. The van der Waals surface area contributed by atoms with Gasteiger partial charge in [0.25, 0.3) is 10.0 Å². The maximum Gasteiger partial charge on any atom is 0.263 e. The fraction of sp³-hybridized carbons (Fsp3) is 0.167. The molecule has 3 N–H and O–H groups in total. The van der Waals surface area contributed by atoms with Gasteiger partial charge in [0, 0.05) is 25.5 Å². The molecular weight excluding hydrogens is 305 g/mol. The smallest absolute Gasteiger partial charge is 0.263 e. The van der Waals surface area contributed by atoms with Crippen LogP contribution in [0.1, 0.15) is 5.69 Å². The first kappa shape index (κ1) is 14.8. The number of anilines is 1. The SMILES string of the molecule is Cn1cc(S(=O)(=O)Nc2ccc(Cl)c(F)c2)cc1CN. The molecule has 0 fully saturated rings. The van der Waals surface area contributed by atoms with Gasteiger partial charge < -0.3 is 10.3 Å². The van der Waals surface area contributed by atoms with E-state index in [0.717, 1.165) is 6.07 Å². The Balaban J connectivity index is 2.32. The second-order valence-electron chi connectivity index (χ2n) is 4.22. The van der Waals surface area contributed by atoms with Crippen molar-refractivity contribution in [1.29, 1.82) is 0 Å². The van der Waals surface area contributed by atoms with Crippen LogP contribution in [-0.2, 0) is 23.6 Å². The van der Waals surface area contributed by atoms with Crippen molar-refractivity contribution >= 4 is 27.3 Å². The van der Waals surface area contributed by atoms with E-state index in [1.54, 1.807) is 11.6 Å². The fourth-order valence-electron chi connectivity index (χ4n) is 1.70. The van der Waals surface area contributed by atoms with Crippen LogP contribution < -0.4 is 10.5 Å². The molecule has 1 heterocycles. The minimum atomic E-state index is -3.79. The predicted molar refractivity (Wildman–Crippen MR) is 75.5 cm³/mol. The van der Waals surface area contributed by atoms with Gasteiger partial charge in [-0.25, -0.2) is 12.8 Å². The standard InChI is InChI=1S/C12H13ClFN3O2S/c1-17-7-10(5-9(17)6-15)20(18,19)16-8-2-3-11(13)12(14)4-8/h2-5,7,16H,6,15H2,1H3. The van der Waals surface area contributed by atoms with Gasteiger partial charge in [0.15, 0.2) is 0 Å². The minimum Gasteiger partial charge on any atom is -0.352 e. The summed E-state index contributed by atoms with van der Waals surface area (Å²) in [6.07, 6.45) is 1.44. The Labute approximate surface area is 121 Å². The van der Waals surface area contributed by atoms with E-state index in [-0.39, 0.29) is 22.2 Å². The summed E-state index contributed by atoms with van der Waals surface area (Å²) < 4.78 is 41.5. The number of nitrogens with zero attached hydrogens (tertiary/aromatic N) is 1. The Morgan fingerprint density at radius 3 is 2.65 bits per heavy atom. The molecule has 0 aliphatic carbocycles. The normalized spacial score (nSPS) is 11.6.